The molecule has 2 aromatic rings. The number of rotatable bonds is 3. The highest BCUT2D eigenvalue weighted by Gasteiger charge is 2.43. The molecule has 1 aromatic heterocycles. The molecule has 2 aliphatic rings. The van der Waals surface area contributed by atoms with Crippen molar-refractivity contribution in [2.24, 2.45) is 5.92 Å². The van der Waals surface area contributed by atoms with E-state index in [0.29, 0.717) is 13.0 Å². The highest BCUT2D eigenvalue weighted by molar-refractivity contribution is 5.87. The number of hydrogen-bond acceptors (Lipinski definition) is 3. The molecule has 5 heteroatoms. The van der Waals surface area contributed by atoms with Crippen LogP contribution in [0.1, 0.15) is 37.1 Å². The summed E-state index contributed by atoms with van der Waals surface area (Å²) in [5, 5.41) is 1.28. The van der Waals surface area contributed by atoms with E-state index in [4.69, 9.17) is 4.74 Å². The lowest BCUT2D eigenvalue weighted by atomic mass is 9.95. The third kappa shape index (κ3) is 2.31. The van der Waals surface area contributed by atoms with Crippen LogP contribution in [0.2, 0.25) is 0 Å². The number of amides is 1. The minimum atomic E-state index is -0.286. The van der Waals surface area contributed by atoms with Crippen molar-refractivity contribution in [1.82, 2.24) is 9.88 Å². The molecule has 5 nitrogen and oxygen atoms in total. The molecule has 0 spiro atoms. The first-order chi connectivity index (χ1) is 11.1. The quantitative estimate of drug-likeness (QED) is 0.886. The molecule has 3 heterocycles. The van der Waals surface area contributed by atoms with Gasteiger partial charge in [-0.2, -0.15) is 0 Å². The monoisotopic (exact) mass is 312 g/mol. The first kappa shape index (κ1) is 14.3. The fourth-order valence-corrected chi connectivity index (χ4v) is 4.02. The molecule has 2 unspecified atom stereocenters. The molecule has 1 amide bonds. The topological polar surface area (TPSA) is 62.4 Å². The van der Waals surface area contributed by atoms with Crippen LogP contribution in [0.4, 0.5) is 0 Å². The molecule has 0 saturated carbocycles. The van der Waals surface area contributed by atoms with E-state index >= 15 is 0 Å². The number of ether oxygens (including phenoxy) is 1. The Hall–Kier alpha value is -2.30. The fourth-order valence-electron chi connectivity index (χ4n) is 4.02. The predicted molar refractivity (Wildman–Crippen MR) is 85.8 cm³/mol. The molecule has 1 N–H and O–H groups in total. The van der Waals surface area contributed by atoms with Gasteiger partial charge in [0, 0.05) is 36.0 Å². The lowest BCUT2D eigenvalue weighted by Gasteiger charge is -2.29. The van der Waals surface area contributed by atoms with Crippen LogP contribution in [0.5, 0.6) is 0 Å². The Morgan fingerprint density at radius 3 is 3.04 bits per heavy atom. The molecule has 0 bridgehead atoms. The Bertz CT molecular complexity index is 780. The van der Waals surface area contributed by atoms with Gasteiger partial charge >= 0.3 is 5.97 Å². The summed E-state index contributed by atoms with van der Waals surface area (Å²) in [7, 11) is 0. The third-order valence-corrected chi connectivity index (χ3v) is 5.07. The molecule has 1 saturated heterocycles. The van der Waals surface area contributed by atoms with Gasteiger partial charge in [0.05, 0.1) is 12.6 Å². The van der Waals surface area contributed by atoms with E-state index in [1.165, 1.54) is 23.6 Å². The molecule has 0 radical (unpaired) electrons. The smallest absolute Gasteiger partial charge is 0.302 e. The zero-order valence-corrected chi connectivity index (χ0v) is 13.2. The lowest BCUT2D eigenvalue weighted by molar-refractivity contribution is -0.142. The number of esters is 1. The number of nitrogens with one attached hydrogen (secondary N) is 1. The zero-order chi connectivity index (χ0) is 16.0. The highest BCUT2D eigenvalue weighted by Crippen LogP contribution is 2.43. The molecule has 120 valence electrons. The molecule has 23 heavy (non-hydrogen) atoms. The molecule has 1 aromatic carbocycles. The number of H-pyrrole nitrogens is 1. The van der Waals surface area contributed by atoms with E-state index in [1.54, 1.807) is 0 Å². The van der Waals surface area contributed by atoms with E-state index < -0.39 is 0 Å². The average molecular weight is 312 g/mol. The van der Waals surface area contributed by atoms with Gasteiger partial charge in [-0.25, -0.2) is 0 Å². The van der Waals surface area contributed by atoms with E-state index in [1.807, 2.05) is 11.0 Å². The Kier molecular flexibility index (Phi) is 3.36. The number of para-hydroxylation sites is 1. The number of aromatic amines is 1. The Morgan fingerprint density at radius 2 is 2.22 bits per heavy atom. The van der Waals surface area contributed by atoms with Crippen LogP contribution in [-0.4, -0.2) is 34.9 Å². The molecule has 0 aliphatic carbocycles. The number of carbonyl (C=O) groups is 2. The first-order valence-corrected chi connectivity index (χ1v) is 8.18. The number of fused-ring (bicyclic) bond motifs is 5. The Morgan fingerprint density at radius 1 is 1.39 bits per heavy atom. The van der Waals surface area contributed by atoms with Gasteiger partial charge in [-0.15, -0.1) is 0 Å². The highest BCUT2D eigenvalue weighted by atomic mass is 16.5. The molecular formula is C18H20N2O3. The first-order valence-electron chi connectivity index (χ1n) is 8.18. The maximum atomic E-state index is 12.6. The van der Waals surface area contributed by atoms with Gasteiger partial charge in [0.15, 0.2) is 0 Å². The minimum absolute atomic E-state index is 0.0447. The Balaban J connectivity index is 1.59. The summed E-state index contributed by atoms with van der Waals surface area (Å²) in [5.41, 5.74) is 3.70. The van der Waals surface area contributed by atoms with Gasteiger partial charge in [-0.1, -0.05) is 18.2 Å². The summed E-state index contributed by atoms with van der Waals surface area (Å²) in [6.07, 6.45) is 2.32. The SMILES string of the molecule is CC(=O)OCCC1CC2c3[nH]c4ccccc4c3CCN2C1=O. The van der Waals surface area contributed by atoms with Gasteiger partial charge < -0.3 is 14.6 Å². The van der Waals surface area contributed by atoms with Crippen LogP contribution >= 0.6 is 0 Å². The summed E-state index contributed by atoms with van der Waals surface area (Å²) in [6.45, 7) is 2.50. The van der Waals surface area contributed by atoms with Gasteiger partial charge in [0.25, 0.3) is 0 Å². The maximum absolute atomic E-state index is 12.6. The van der Waals surface area contributed by atoms with Crippen molar-refractivity contribution < 1.29 is 14.3 Å². The van der Waals surface area contributed by atoms with Crippen molar-refractivity contribution in [3.8, 4) is 0 Å². The van der Waals surface area contributed by atoms with E-state index in [-0.39, 0.29) is 23.8 Å². The summed E-state index contributed by atoms with van der Waals surface area (Å²) >= 11 is 0. The van der Waals surface area contributed by atoms with Gasteiger partial charge in [-0.05, 0) is 30.9 Å². The van der Waals surface area contributed by atoms with Crippen molar-refractivity contribution in [1.29, 1.82) is 0 Å². The van der Waals surface area contributed by atoms with E-state index in [2.05, 4.69) is 23.2 Å². The molecular weight excluding hydrogens is 292 g/mol. The number of nitrogens with zero attached hydrogens (tertiary/aromatic N) is 1. The summed E-state index contributed by atoms with van der Waals surface area (Å²) in [6, 6.07) is 8.47. The van der Waals surface area contributed by atoms with Crippen LogP contribution in [0.3, 0.4) is 0 Å². The van der Waals surface area contributed by atoms with Gasteiger partial charge in [0.1, 0.15) is 0 Å². The summed E-state index contributed by atoms with van der Waals surface area (Å²) in [4.78, 5) is 29.0. The summed E-state index contributed by atoms with van der Waals surface area (Å²) in [5.74, 6) is -0.130. The van der Waals surface area contributed by atoms with Crippen LogP contribution in [0, 0.1) is 5.92 Å². The van der Waals surface area contributed by atoms with E-state index in [9.17, 15) is 9.59 Å². The second kappa shape index (κ2) is 5.41. The third-order valence-electron chi connectivity index (χ3n) is 5.07. The van der Waals surface area contributed by atoms with E-state index in [0.717, 1.165) is 24.9 Å². The second-order valence-corrected chi connectivity index (χ2v) is 6.42. The number of benzene rings is 1. The summed E-state index contributed by atoms with van der Waals surface area (Å²) < 4.78 is 5.01. The van der Waals surface area contributed by atoms with Crippen LogP contribution in [-0.2, 0) is 20.7 Å². The van der Waals surface area contributed by atoms with Crippen LogP contribution in [0.15, 0.2) is 24.3 Å². The van der Waals surface area contributed by atoms with Crippen molar-refractivity contribution in [3.05, 3.63) is 35.5 Å². The zero-order valence-electron chi connectivity index (χ0n) is 13.2. The number of carbonyl (C=O) groups excluding carboxylic acids is 2. The van der Waals surface area contributed by atoms with Crippen LogP contribution in [0.25, 0.3) is 10.9 Å². The fraction of sp³-hybridized carbons (Fsp3) is 0.444. The molecule has 2 atom stereocenters. The van der Waals surface area contributed by atoms with Gasteiger partial charge in [-0.3, -0.25) is 9.59 Å². The molecule has 4 rings (SSSR count). The minimum Gasteiger partial charge on any atom is -0.466 e. The molecule has 1 fully saturated rings. The largest absolute Gasteiger partial charge is 0.466 e. The van der Waals surface area contributed by atoms with Crippen molar-refractivity contribution in [2.75, 3.05) is 13.2 Å². The average Bonchev–Trinajstić information content (AvgIpc) is 3.06. The van der Waals surface area contributed by atoms with Crippen molar-refractivity contribution in [3.63, 3.8) is 0 Å². The number of aromatic nitrogens is 1. The van der Waals surface area contributed by atoms with Gasteiger partial charge in [0.2, 0.25) is 5.91 Å². The standard InChI is InChI=1S/C18H20N2O3/c1-11(21)23-9-7-12-10-16-17-14(6-8-20(16)18(12)22)13-4-2-3-5-15(13)19-17/h2-5,12,16,19H,6-10H2,1H3. The molecule has 2 aliphatic heterocycles. The Labute approximate surface area is 134 Å². The van der Waals surface area contributed by atoms with Crippen molar-refractivity contribution >= 4 is 22.8 Å². The second-order valence-electron chi connectivity index (χ2n) is 6.42. The normalized spacial score (nSPS) is 23.0. The van der Waals surface area contributed by atoms with Crippen LogP contribution < -0.4 is 0 Å². The predicted octanol–water partition coefficient (Wildman–Crippen LogP) is 2.57. The lowest BCUT2D eigenvalue weighted by Crippen LogP contribution is -2.35. The van der Waals surface area contributed by atoms with Crippen molar-refractivity contribution in [2.45, 2.75) is 32.2 Å². The number of hydrogen-bond donors (Lipinski definition) is 1. The maximum Gasteiger partial charge on any atom is 0.302 e.